The molecule has 3 rings (SSSR count). The number of pyridine rings is 1. The molecule has 0 radical (unpaired) electrons. The number of carbonyl (C=O) groups excluding carboxylic acids is 2. The van der Waals surface area contributed by atoms with E-state index in [2.05, 4.69) is 4.98 Å². The maximum absolute atomic E-state index is 12.9. The fourth-order valence-electron chi connectivity index (χ4n) is 3.46. The van der Waals surface area contributed by atoms with Crippen LogP contribution < -0.4 is 5.43 Å². The summed E-state index contributed by atoms with van der Waals surface area (Å²) in [6.07, 6.45) is 2.47. The Bertz CT molecular complexity index is 876. The quantitative estimate of drug-likeness (QED) is 0.901. The van der Waals surface area contributed by atoms with Gasteiger partial charge in [0.25, 0.3) is 5.91 Å². The summed E-state index contributed by atoms with van der Waals surface area (Å²) in [7, 11) is 0. The van der Waals surface area contributed by atoms with Crippen LogP contribution in [0.2, 0.25) is 0 Å². The third kappa shape index (κ3) is 4.27. The predicted molar refractivity (Wildman–Crippen MR) is 103 cm³/mol. The number of aromatic amines is 1. The molecule has 1 aromatic carbocycles. The second-order valence-electron chi connectivity index (χ2n) is 6.96. The van der Waals surface area contributed by atoms with E-state index >= 15 is 0 Å². The Morgan fingerprint density at radius 1 is 1.22 bits per heavy atom. The van der Waals surface area contributed by atoms with E-state index in [-0.39, 0.29) is 35.3 Å². The van der Waals surface area contributed by atoms with Gasteiger partial charge in [0.15, 0.2) is 5.43 Å². The lowest BCUT2D eigenvalue weighted by molar-refractivity contribution is -0.133. The molecular weight excluding hydrogens is 342 g/mol. The third-order valence-electron chi connectivity index (χ3n) is 5.03. The molecule has 1 aromatic heterocycles. The van der Waals surface area contributed by atoms with Gasteiger partial charge in [-0.25, -0.2) is 0 Å². The minimum absolute atomic E-state index is 0.0406. The normalized spacial score (nSPS) is 17.7. The van der Waals surface area contributed by atoms with Crippen molar-refractivity contribution in [2.75, 3.05) is 13.1 Å². The fraction of sp³-hybridized carbons (Fsp3) is 0.381. The van der Waals surface area contributed by atoms with Gasteiger partial charge < -0.3 is 14.8 Å². The first kappa shape index (κ1) is 18.9. The molecule has 2 heterocycles. The van der Waals surface area contributed by atoms with Crippen LogP contribution in [0.25, 0.3) is 0 Å². The molecule has 1 N–H and O–H groups in total. The SMILES string of the molecule is CC[C@H]1CN(C(=O)c2c[nH]c(C)cc2=O)CCC(=O)N1Cc1ccccc1. The monoisotopic (exact) mass is 367 g/mol. The van der Waals surface area contributed by atoms with Crippen LogP contribution in [0, 0.1) is 6.92 Å². The predicted octanol–water partition coefficient (Wildman–Crippen LogP) is 2.34. The van der Waals surface area contributed by atoms with Gasteiger partial charge in [-0.3, -0.25) is 14.4 Å². The molecule has 1 aliphatic heterocycles. The van der Waals surface area contributed by atoms with Crippen molar-refractivity contribution in [3.8, 4) is 0 Å². The number of hydrogen-bond donors (Lipinski definition) is 1. The maximum atomic E-state index is 12.9. The van der Waals surface area contributed by atoms with Gasteiger partial charge in [0.1, 0.15) is 5.56 Å². The van der Waals surface area contributed by atoms with Crippen LogP contribution in [-0.4, -0.2) is 45.7 Å². The van der Waals surface area contributed by atoms with Crippen molar-refractivity contribution in [1.82, 2.24) is 14.8 Å². The van der Waals surface area contributed by atoms with Gasteiger partial charge in [0.05, 0.1) is 0 Å². The average Bonchev–Trinajstić information content (AvgIpc) is 2.82. The van der Waals surface area contributed by atoms with E-state index < -0.39 is 0 Å². The van der Waals surface area contributed by atoms with Crippen LogP contribution in [0.5, 0.6) is 0 Å². The molecule has 1 saturated heterocycles. The standard InChI is InChI=1S/C21H25N3O3/c1-3-17-14-23(21(27)18-12-22-15(2)11-19(18)25)10-9-20(26)24(17)13-16-7-5-4-6-8-16/h4-8,11-12,17H,3,9-10,13-14H2,1-2H3,(H,22,25)/t17-/m0/s1. The number of rotatable bonds is 4. The molecule has 0 saturated carbocycles. The zero-order valence-electron chi connectivity index (χ0n) is 15.8. The van der Waals surface area contributed by atoms with Crippen molar-refractivity contribution in [3.63, 3.8) is 0 Å². The molecular formula is C21H25N3O3. The van der Waals surface area contributed by atoms with E-state index in [9.17, 15) is 14.4 Å². The van der Waals surface area contributed by atoms with Gasteiger partial charge >= 0.3 is 0 Å². The average molecular weight is 367 g/mol. The van der Waals surface area contributed by atoms with Crippen molar-refractivity contribution in [1.29, 1.82) is 0 Å². The maximum Gasteiger partial charge on any atom is 0.259 e. The van der Waals surface area contributed by atoms with Gasteiger partial charge in [-0.2, -0.15) is 0 Å². The number of nitrogens with zero attached hydrogens (tertiary/aromatic N) is 2. The second-order valence-corrected chi connectivity index (χ2v) is 6.96. The van der Waals surface area contributed by atoms with Gasteiger partial charge in [-0.15, -0.1) is 0 Å². The number of nitrogens with one attached hydrogen (secondary N) is 1. The Morgan fingerprint density at radius 2 is 1.96 bits per heavy atom. The van der Waals surface area contributed by atoms with Gasteiger partial charge in [0, 0.05) is 50.1 Å². The summed E-state index contributed by atoms with van der Waals surface area (Å²) in [4.78, 5) is 44.2. The highest BCUT2D eigenvalue weighted by atomic mass is 16.2. The first-order valence-electron chi connectivity index (χ1n) is 9.31. The summed E-state index contributed by atoms with van der Waals surface area (Å²) in [6.45, 7) is 5.08. The van der Waals surface area contributed by atoms with E-state index in [0.717, 1.165) is 12.0 Å². The van der Waals surface area contributed by atoms with Crippen molar-refractivity contribution in [2.45, 2.75) is 39.3 Å². The lowest BCUT2D eigenvalue weighted by atomic mass is 10.1. The highest BCUT2D eigenvalue weighted by molar-refractivity contribution is 5.94. The molecule has 2 amide bonds. The minimum Gasteiger partial charge on any atom is -0.364 e. The smallest absolute Gasteiger partial charge is 0.259 e. The van der Waals surface area contributed by atoms with Crippen LogP contribution >= 0.6 is 0 Å². The summed E-state index contributed by atoms with van der Waals surface area (Å²) in [5.74, 6) is -0.275. The highest BCUT2D eigenvalue weighted by Gasteiger charge is 2.31. The van der Waals surface area contributed by atoms with Gasteiger partial charge in [-0.1, -0.05) is 37.3 Å². The van der Waals surface area contributed by atoms with Crippen LogP contribution in [0.15, 0.2) is 47.4 Å². The number of hydrogen-bond acceptors (Lipinski definition) is 3. The first-order valence-corrected chi connectivity index (χ1v) is 9.31. The van der Waals surface area contributed by atoms with E-state index in [1.165, 1.54) is 12.3 Å². The van der Waals surface area contributed by atoms with Gasteiger partial charge in [-0.05, 0) is 18.9 Å². The lowest BCUT2D eigenvalue weighted by Crippen LogP contribution is -2.44. The van der Waals surface area contributed by atoms with Crippen LogP contribution in [-0.2, 0) is 11.3 Å². The summed E-state index contributed by atoms with van der Waals surface area (Å²) < 4.78 is 0. The Morgan fingerprint density at radius 3 is 2.63 bits per heavy atom. The summed E-state index contributed by atoms with van der Waals surface area (Å²) in [5.41, 5.74) is 1.61. The Labute approximate surface area is 158 Å². The van der Waals surface area contributed by atoms with Crippen molar-refractivity contribution < 1.29 is 9.59 Å². The summed E-state index contributed by atoms with van der Waals surface area (Å²) >= 11 is 0. The molecule has 6 nitrogen and oxygen atoms in total. The highest BCUT2D eigenvalue weighted by Crippen LogP contribution is 2.18. The number of carbonyl (C=O) groups is 2. The van der Waals surface area contributed by atoms with Crippen LogP contribution in [0.4, 0.5) is 0 Å². The Hall–Kier alpha value is -2.89. The third-order valence-corrected chi connectivity index (χ3v) is 5.03. The zero-order valence-corrected chi connectivity index (χ0v) is 15.8. The van der Waals surface area contributed by atoms with E-state index in [1.807, 2.05) is 42.2 Å². The second kappa shape index (κ2) is 8.20. The molecule has 0 unspecified atom stereocenters. The molecule has 27 heavy (non-hydrogen) atoms. The zero-order chi connectivity index (χ0) is 19.4. The molecule has 0 aliphatic carbocycles. The molecule has 1 fully saturated rings. The fourth-order valence-corrected chi connectivity index (χ4v) is 3.46. The van der Waals surface area contributed by atoms with Crippen LogP contribution in [0.3, 0.4) is 0 Å². The first-order chi connectivity index (χ1) is 13.0. The minimum atomic E-state index is -0.316. The molecule has 0 spiro atoms. The number of amides is 2. The lowest BCUT2D eigenvalue weighted by Gasteiger charge is -2.31. The molecule has 142 valence electrons. The molecule has 1 atom stereocenters. The number of benzene rings is 1. The molecule has 2 aromatic rings. The largest absolute Gasteiger partial charge is 0.364 e. The molecule has 0 bridgehead atoms. The Balaban J connectivity index is 1.81. The van der Waals surface area contributed by atoms with E-state index in [0.29, 0.717) is 25.3 Å². The van der Waals surface area contributed by atoms with Crippen LogP contribution in [0.1, 0.15) is 41.4 Å². The van der Waals surface area contributed by atoms with E-state index in [1.54, 1.807) is 11.8 Å². The van der Waals surface area contributed by atoms with Crippen molar-refractivity contribution in [2.24, 2.45) is 0 Å². The summed E-state index contributed by atoms with van der Waals surface area (Å²) in [5, 5.41) is 0. The topological polar surface area (TPSA) is 73.5 Å². The number of aryl methyl sites for hydroxylation is 1. The van der Waals surface area contributed by atoms with Crippen molar-refractivity contribution in [3.05, 3.63) is 69.6 Å². The van der Waals surface area contributed by atoms with Crippen molar-refractivity contribution >= 4 is 11.8 Å². The molecule has 6 heteroatoms. The van der Waals surface area contributed by atoms with Gasteiger partial charge in [0.2, 0.25) is 5.91 Å². The number of aromatic nitrogens is 1. The Kier molecular flexibility index (Phi) is 5.74. The number of H-pyrrole nitrogens is 1. The van der Waals surface area contributed by atoms with E-state index in [4.69, 9.17) is 0 Å². The molecule has 1 aliphatic rings. The summed E-state index contributed by atoms with van der Waals surface area (Å²) in [6, 6.07) is 11.2.